The van der Waals surface area contributed by atoms with E-state index in [4.69, 9.17) is 10.5 Å². The fraction of sp³-hybridized carbons (Fsp3) is 0.276. The standard InChI is InChI=1S/C29H32N4O5S2.Na.H/c1-5-33(40(36,37)29(30)35)28-24(16-23(39-28)15-19(2)3)21-13-11-20(12-14-21)17-32-25(18-34)27(38-4)31-26(32)22-9-7-6-8-10-22;;/h6-14,16,18-19H,5,15,17H2,1-4H3,(H2,30,35);;/q;+1;-1. The third kappa shape index (κ3) is 6.92. The number of benzene rings is 2. The smallest absolute Gasteiger partial charge is 1.00 e. The first kappa shape index (κ1) is 32.6. The van der Waals surface area contributed by atoms with E-state index < -0.39 is 15.3 Å². The van der Waals surface area contributed by atoms with Crippen molar-refractivity contribution in [3.63, 3.8) is 0 Å². The molecule has 1 amide bonds. The van der Waals surface area contributed by atoms with Crippen LogP contribution in [0.5, 0.6) is 5.88 Å². The molecule has 0 fully saturated rings. The van der Waals surface area contributed by atoms with E-state index in [-0.39, 0.29) is 43.4 Å². The quantitative estimate of drug-likeness (QED) is 0.207. The van der Waals surface area contributed by atoms with Gasteiger partial charge in [0.05, 0.1) is 7.11 Å². The SMILES string of the molecule is CCN(c1sc(CC(C)C)cc1-c1ccc(Cn2c(-c3ccccc3)nc(OC)c2C=O)cc1)S(=O)(=O)C(N)=O.[H-].[Na+]. The normalized spacial score (nSPS) is 11.2. The fourth-order valence-corrected chi connectivity index (χ4v) is 7.14. The predicted molar refractivity (Wildman–Crippen MR) is 160 cm³/mol. The molecule has 4 rings (SSSR count). The third-order valence-corrected chi connectivity index (χ3v) is 9.17. The van der Waals surface area contributed by atoms with Crippen molar-refractivity contribution in [1.29, 1.82) is 0 Å². The van der Waals surface area contributed by atoms with Gasteiger partial charge in [0.15, 0.2) is 6.29 Å². The van der Waals surface area contributed by atoms with Gasteiger partial charge >= 0.3 is 44.8 Å². The molecule has 0 radical (unpaired) electrons. The second kappa shape index (κ2) is 13.8. The number of hydrogen-bond acceptors (Lipinski definition) is 7. The van der Waals surface area contributed by atoms with Crippen molar-refractivity contribution in [3.8, 4) is 28.4 Å². The van der Waals surface area contributed by atoms with E-state index in [1.807, 2.05) is 65.2 Å². The number of nitrogens with two attached hydrogens (primary N) is 1. The Morgan fingerprint density at radius 1 is 1.15 bits per heavy atom. The third-order valence-electron chi connectivity index (χ3n) is 6.35. The first-order valence-corrected chi connectivity index (χ1v) is 15.1. The van der Waals surface area contributed by atoms with Gasteiger partial charge in [0.1, 0.15) is 16.5 Å². The Hall–Kier alpha value is -2.96. The van der Waals surface area contributed by atoms with Gasteiger partial charge in [-0.1, -0.05) is 68.4 Å². The van der Waals surface area contributed by atoms with Crippen molar-refractivity contribution in [2.75, 3.05) is 18.0 Å². The van der Waals surface area contributed by atoms with Gasteiger partial charge in [0.25, 0.3) is 0 Å². The first-order valence-electron chi connectivity index (χ1n) is 12.8. The van der Waals surface area contributed by atoms with Crippen LogP contribution in [-0.4, -0.2) is 43.1 Å². The molecule has 4 aromatic rings. The van der Waals surface area contributed by atoms with Crippen molar-refractivity contribution >= 4 is 37.9 Å². The zero-order valence-corrected chi connectivity index (χ0v) is 27.5. The summed E-state index contributed by atoms with van der Waals surface area (Å²) in [4.78, 5) is 29.4. The number of anilines is 1. The average molecular weight is 605 g/mol. The fourth-order valence-electron chi connectivity index (χ4n) is 4.51. The molecule has 0 bridgehead atoms. The van der Waals surface area contributed by atoms with E-state index >= 15 is 0 Å². The number of aldehydes is 1. The molecule has 2 aromatic carbocycles. The summed E-state index contributed by atoms with van der Waals surface area (Å²) in [5.74, 6) is 1.22. The van der Waals surface area contributed by atoms with Crippen LogP contribution in [0.15, 0.2) is 60.7 Å². The van der Waals surface area contributed by atoms with E-state index in [0.717, 1.165) is 38.6 Å². The minimum Gasteiger partial charge on any atom is -1.00 e. The molecule has 12 heteroatoms. The second-order valence-electron chi connectivity index (χ2n) is 9.62. The van der Waals surface area contributed by atoms with Crippen LogP contribution < -0.4 is 44.3 Å². The Morgan fingerprint density at radius 2 is 1.80 bits per heavy atom. The molecule has 2 aromatic heterocycles. The Bertz CT molecular complexity index is 1620. The number of sulfonamides is 1. The number of thiophene rings is 1. The molecule has 0 saturated carbocycles. The number of nitrogens with zero attached hydrogens (tertiary/aromatic N) is 3. The van der Waals surface area contributed by atoms with Crippen molar-refractivity contribution < 1.29 is 53.7 Å². The number of carbonyl (C=O) groups excluding carboxylic acids is 2. The Labute approximate surface area is 268 Å². The van der Waals surface area contributed by atoms with E-state index in [0.29, 0.717) is 34.5 Å². The average Bonchev–Trinajstić information content (AvgIpc) is 3.50. The molecule has 0 aliphatic carbocycles. The molecule has 212 valence electrons. The molecule has 41 heavy (non-hydrogen) atoms. The first-order chi connectivity index (χ1) is 19.1. The topological polar surface area (TPSA) is 125 Å². The number of primary amides is 1. The van der Waals surface area contributed by atoms with Crippen LogP contribution in [0.25, 0.3) is 22.5 Å². The second-order valence-corrected chi connectivity index (χ2v) is 12.5. The minimum atomic E-state index is -4.35. The van der Waals surface area contributed by atoms with Crippen molar-refractivity contribution in [3.05, 3.63) is 76.8 Å². The van der Waals surface area contributed by atoms with Crippen LogP contribution in [0.3, 0.4) is 0 Å². The van der Waals surface area contributed by atoms with Gasteiger partial charge in [-0.15, -0.1) is 11.3 Å². The number of aromatic nitrogens is 2. The number of amides is 1. The maximum Gasteiger partial charge on any atom is 1.00 e. The summed E-state index contributed by atoms with van der Waals surface area (Å²) in [6, 6.07) is 19.2. The number of rotatable bonds is 11. The largest absolute Gasteiger partial charge is 1.00 e. The molecule has 0 atom stereocenters. The molecule has 0 unspecified atom stereocenters. The number of imidazole rings is 1. The van der Waals surface area contributed by atoms with Crippen LogP contribution in [0, 0.1) is 5.92 Å². The molecule has 0 saturated heterocycles. The van der Waals surface area contributed by atoms with Gasteiger partial charge in [0.2, 0.25) is 5.88 Å². The van der Waals surface area contributed by atoms with Gasteiger partial charge in [-0.05, 0) is 36.5 Å². The van der Waals surface area contributed by atoms with Crippen LogP contribution in [-0.2, 0) is 23.0 Å². The predicted octanol–water partition coefficient (Wildman–Crippen LogP) is 2.70. The molecule has 0 aliphatic heterocycles. The number of methoxy groups -OCH3 is 1. The zero-order valence-electron chi connectivity index (χ0n) is 24.8. The van der Waals surface area contributed by atoms with Crippen molar-refractivity contribution in [2.24, 2.45) is 11.7 Å². The molecular weight excluding hydrogens is 571 g/mol. The monoisotopic (exact) mass is 604 g/mol. The van der Waals surface area contributed by atoms with Gasteiger partial charge in [-0.2, -0.15) is 13.4 Å². The summed E-state index contributed by atoms with van der Waals surface area (Å²) in [5.41, 5.74) is 8.83. The molecular formula is C29H33N4NaO5S2. The Morgan fingerprint density at radius 3 is 2.34 bits per heavy atom. The number of carbonyl (C=O) groups is 2. The minimum absolute atomic E-state index is 0. The van der Waals surface area contributed by atoms with E-state index in [9.17, 15) is 18.0 Å². The summed E-state index contributed by atoms with van der Waals surface area (Å²) in [7, 11) is -2.87. The summed E-state index contributed by atoms with van der Waals surface area (Å²) in [6.45, 7) is 6.28. The van der Waals surface area contributed by atoms with Crippen molar-refractivity contribution in [2.45, 2.75) is 33.7 Å². The summed E-state index contributed by atoms with van der Waals surface area (Å²) < 4.78 is 33.8. The number of hydrogen-bond donors (Lipinski definition) is 1. The maximum absolute atomic E-state index is 12.8. The van der Waals surface area contributed by atoms with Crippen LogP contribution in [0.4, 0.5) is 9.80 Å². The number of ether oxygens (including phenoxy) is 1. The van der Waals surface area contributed by atoms with E-state index in [1.165, 1.54) is 18.4 Å². The van der Waals surface area contributed by atoms with Crippen molar-refractivity contribution in [1.82, 2.24) is 9.55 Å². The molecule has 2 heterocycles. The van der Waals surface area contributed by atoms with Gasteiger partial charge in [-0.3, -0.25) is 13.9 Å². The molecule has 0 spiro atoms. The molecule has 0 aliphatic rings. The van der Waals surface area contributed by atoms with Crippen LogP contribution >= 0.6 is 11.3 Å². The van der Waals surface area contributed by atoms with Crippen LogP contribution in [0.1, 0.15) is 43.1 Å². The van der Waals surface area contributed by atoms with E-state index in [1.54, 1.807) is 6.92 Å². The summed E-state index contributed by atoms with van der Waals surface area (Å²) >= 11 is 1.35. The zero-order chi connectivity index (χ0) is 29.0. The summed E-state index contributed by atoms with van der Waals surface area (Å²) in [5, 5.41) is -0.927. The van der Waals surface area contributed by atoms with Gasteiger partial charge in [-0.25, -0.2) is 0 Å². The summed E-state index contributed by atoms with van der Waals surface area (Å²) in [6.07, 6.45) is 1.50. The van der Waals surface area contributed by atoms with Gasteiger partial charge < -0.3 is 16.5 Å². The Kier molecular flexibility index (Phi) is 11.0. The van der Waals surface area contributed by atoms with Gasteiger partial charge in [0, 0.05) is 29.1 Å². The van der Waals surface area contributed by atoms with Crippen LogP contribution in [0.2, 0.25) is 0 Å². The molecule has 9 nitrogen and oxygen atoms in total. The van der Waals surface area contributed by atoms with E-state index in [2.05, 4.69) is 18.8 Å². The molecule has 2 N–H and O–H groups in total. The Balaban J connectivity index is 0.00000308. The maximum atomic E-state index is 12.8.